The van der Waals surface area contributed by atoms with E-state index in [1.807, 2.05) is 0 Å². The van der Waals surface area contributed by atoms with Gasteiger partial charge in [0.05, 0.1) is 11.9 Å². The Morgan fingerprint density at radius 1 is 1.28 bits per heavy atom. The highest BCUT2D eigenvalue weighted by Crippen LogP contribution is 2.29. The molecule has 1 aliphatic heterocycles. The van der Waals surface area contributed by atoms with Gasteiger partial charge in [-0.15, -0.1) is 0 Å². The number of rotatable bonds is 3. The minimum atomic E-state index is -3.51. The molecular formula is C11H20N2O4S. The monoisotopic (exact) mass is 276 g/mol. The van der Waals surface area contributed by atoms with E-state index in [0.717, 1.165) is 12.8 Å². The first-order chi connectivity index (χ1) is 8.35. The molecule has 0 aromatic rings. The lowest BCUT2D eigenvalue weighted by Gasteiger charge is -2.33. The minimum Gasteiger partial charge on any atom is -0.393 e. The van der Waals surface area contributed by atoms with Crippen molar-refractivity contribution in [2.45, 2.75) is 44.2 Å². The summed E-state index contributed by atoms with van der Waals surface area (Å²) in [4.78, 5) is 13.7. The van der Waals surface area contributed by atoms with Gasteiger partial charge in [0.2, 0.25) is 15.9 Å². The van der Waals surface area contributed by atoms with Gasteiger partial charge in [0.15, 0.2) is 0 Å². The number of nitrogens with two attached hydrogens (primary N) is 1. The van der Waals surface area contributed by atoms with Gasteiger partial charge in [-0.2, -0.15) is 0 Å². The van der Waals surface area contributed by atoms with Crippen molar-refractivity contribution in [2.75, 3.05) is 12.3 Å². The van der Waals surface area contributed by atoms with Crippen molar-refractivity contribution in [3.05, 3.63) is 0 Å². The van der Waals surface area contributed by atoms with E-state index in [1.165, 1.54) is 0 Å². The van der Waals surface area contributed by atoms with E-state index < -0.39 is 10.0 Å². The van der Waals surface area contributed by atoms with Gasteiger partial charge in [0.1, 0.15) is 0 Å². The first kappa shape index (κ1) is 13.8. The minimum absolute atomic E-state index is 0.0186. The zero-order chi connectivity index (χ0) is 13.3. The first-order valence-electron chi connectivity index (χ1n) is 6.33. The highest BCUT2D eigenvalue weighted by atomic mass is 32.2. The number of aliphatic hydroxyl groups excluding tert-OH is 1. The first-order valence-corrected chi connectivity index (χ1v) is 8.04. The van der Waals surface area contributed by atoms with E-state index in [9.17, 15) is 18.3 Å². The zero-order valence-corrected chi connectivity index (χ0v) is 11.1. The fourth-order valence-electron chi connectivity index (χ4n) is 2.97. The lowest BCUT2D eigenvalue weighted by Crippen LogP contribution is -2.40. The number of likely N-dealkylation sites (tertiary alicyclic amines) is 1. The van der Waals surface area contributed by atoms with Crippen LogP contribution in [0.15, 0.2) is 0 Å². The third kappa shape index (κ3) is 3.43. The second-order valence-corrected chi connectivity index (χ2v) is 7.07. The van der Waals surface area contributed by atoms with Crippen LogP contribution in [0.2, 0.25) is 0 Å². The molecule has 1 unspecified atom stereocenters. The smallest absolute Gasteiger partial charge is 0.223 e. The quantitative estimate of drug-likeness (QED) is 0.720. The summed E-state index contributed by atoms with van der Waals surface area (Å²) in [7, 11) is -3.51. The van der Waals surface area contributed by atoms with E-state index >= 15 is 0 Å². The summed E-state index contributed by atoms with van der Waals surface area (Å²) < 4.78 is 22.1. The maximum absolute atomic E-state index is 11.9. The van der Waals surface area contributed by atoms with Crippen molar-refractivity contribution in [3.63, 3.8) is 0 Å². The van der Waals surface area contributed by atoms with Gasteiger partial charge in [0.25, 0.3) is 0 Å². The third-order valence-corrected chi connectivity index (χ3v) is 4.75. The Balaban J connectivity index is 1.93. The fraction of sp³-hybridized carbons (Fsp3) is 0.909. The van der Waals surface area contributed by atoms with E-state index in [0.29, 0.717) is 19.4 Å². The molecule has 2 rings (SSSR count). The van der Waals surface area contributed by atoms with Crippen LogP contribution in [0.25, 0.3) is 0 Å². The van der Waals surface area contributed by atoms with Gasteiger partial charge in [-0.05, 0) is 25.7 Å². The van der Waals surface area contributed by atoms with Crippen molar-refractivity contribution in [1.82, 2.24) is 4.90 Å². The van der Waals surface area contributed by atoms with Gasteiger partial charge < -0.3 is 10.0 Å². The Morgan fingerprint density at radius 2 is 1.89 bits per heavy atom. The third-order valence-electron chi connectivity index (χ3n) is 3.81. The number of amides is 1. The summed E-state index contributed by atoms with van der Waals surface area (Å²) in [5, 5.41) is 14.5. The van der Waals surface area contributed by atoms with E-state index in [1.54, 1.807) is 4.90 Å². The molecule has 1 saturated carbocycles. The summed E-state index contributed by atoms with van der Waals surface area (Å²) in [6.45, 7) is 0.482. The lowest BCUT2D eigenvalue weighted by molar-refractivity contribution is -0.130. The summed E-state index contributed by atoms with van der Waals surface area (Å²) in [5.41, 5.74) is 0. The second kappa shape index (κ2) is 5.14. The molecule has 3 N–H and O–H groups in total. The number of carbonyl (C=O) groups excluding carboxylic acids is 1. The van der Waals surface area contributed by atoms with Gasteiger partial charge >= 0.3 is 0 Å². The maximum Gasteiger partial charge on any atom is 0.223 e. The number of aliphatic hydroxyl groups is 1. The number of carbonyl (C=O) groups is 1. The van der Waals surface area contributed by atoms with Crippen molar-refractivity contribution < 1.29 is 18.3 Å². The van der Waals surface area contributed by atoms with Crippen LogP contribution >= 0.6 is 0 Å². The van der Waals surface area contributed by atoms with Gasteiger partial charge in [0, 0.05) is 24.9 Å². The van der Waals surface area contributed by atoms with Crippen LogP contribution in [0, 0.1) is 5.92 Å². The van der Waals surface area contributed by atoms with Crippen LogP contribution in [0.5, 0.6) is 0 Å². The molecule has 0 bridgehead atoms. The Kier molecular flexibility index (Phi) is 3.93. The highest BCUT2D eigenvalue weighted by molar-refractivity contribution is 7.89. The Morgan fingerprint density at radius 3 is 2.44 bits per heavy atom. The molecule has 0 radical (unpaired) electrons. The zero-order valence-electron chi connectivity index (χ0n) is 10.3. The second-order valence-electron chi connectivity index (χ2n) is 5.41. The fourth-order valence-corrected chi connectivity index (χ4v) is 3.85. The van der Waals surface area contributed by atoms with E-state index in [-0.39, 0.29) is 36.1 Å². The van der Waals surface area contributed by atoms with Crippen LogP contribution in [0.1, 0.15) is 32.1 Å². The van der Waals surface area contributed by atoms with Crippen LogP contribution in [0.4, 0.5) is 0 Å². The lowest BCUT2D eigenvalue weighted by atomic mass is 9.92. The molecule has 1 atom stereocenters. The molecule has 2 aliphatic rings. The maximum atomic E-state index is 11.9. The van der Waals surface area contributed by atoms with Crippen molar-refractivity contribution in [2.24, 2.45) is 11.1 Å². The summed E-state index contributed by atoms with van der Waals surface area (Å²) >= 11 is 0. The summed E-state index contributed by atoms with van der Waals surface area (Å²) in [5.74, 6) is -0.283. The predicted octanol–water partition coefficient (Wildman–Crippen LogP) is -0.573. The molecule has 7 heteroatoms. The van der Waals surface area contributed by atoms with E-state index in [4.69, 9.17) is 5.14 Å². The standard InChI is InChI=1S/C11H20N2O4S/c12-18(16,17)7-8-5-11(15)13(6-8)9-1-3-10(14)4-2-9/h8-10,14H,1-7H2,(H2,12,16,17). The molecule has 2 fully saturated rings. The van der Waals surface area contributed by atoms with Crippen LogP contribution in [-0.4, -0.2) is 48.8 Å². The van der Waals surface area contributed by atoms with Crippen molar-refractivity contribution in [3.8, 4) is 0 Å². The Hall–Kier alpha value is -0.660. The molecular weight excluding hydrogens is 256 g/mol. The van der Waals surface area contributed by atoms with Crippen LogP contribution in [-0.2, 0) is 14.8 Å². The molecule has 1 heterocycles. The summed E-state index contributed by atoms with van der Waals surface area (Å²) in [6, 6.07) is 0.159. The molecule has 1 amide bonds. The molecule has 104 valence electrons. The molecule has 0 spiro atoms. The number of primary sulfonamides is 1. The molecule has 1 aliphatic carbocycles. The Labute approximate surface area is 107 Å². The van der Waals surface area contributed by atoms with Gasteiger partial charge in [-0.25, -0.2) is 13.6 Å². The van der Waals surface area contributed by atoms with E-state index in [2.05, 4.69) is 0 Å². The largest absolute Gasteiger partial charge is 0.393 e. The van der Waals surface area contributed by atoms with Gasteiger partial charge in [-0.3, -0.25) is 4.79 Å². The molecule has 6 nitrogen and oxygen atoms in total. The SMILES string of the molecule is NS(=O)(=O)CC1CC(=O)N(C2CCC(O)CC2)C1. The summed E-state index contributed by atoms with van der Waals surface area (Å²) in [6.07, 6.45) is 3.06. The van der Waals surface area contributed by atoms with Crippen molar-refractivity contribution >= 4 is 15.9 Å². The average molecular weight is 276 g/mol. The molecule has 1 saturated heterocycles. The normalized spacial score (nSPS) is 34.0. The Bertz CT molecular complexity index is 415. The number of hydrogen-bond donors (Lipinski definition) is 2. The molecule has 0 aromatic carbocycles. The predicted molar refractivity (Wildman–Crippen MR) is 66.1 cm³/mol. The van der Waals surface area contributed by atoms with Crippen molar-refractivity contribution in [1.29, 1.82) is 0 Å². The molecule has 0 aromatic heterocycles. The van der Waals surface area contributed by atoms with Crippen LogP contribution in [0.3, 0.4) is 0 Å². The highest BCUT2D eigenvalue weighted by Gasteiger charge is 2.37. The molecule has 18 heavy (non-hydrogen) atoms. The number of sulfonamides is 1. The average Bonchev–Trinajstić information content (AvgIpc) is 2.58. The topological polar surface area (TPSA) is 101 Å². The van der Waals surface area contributed by atoms with Crippen LogP contribution < -0.4 is 5.14 Å². The number of nitrogens with zero attached hydrogens (tertiary/aromatic N) is 1. The number of hydrogen-bond acceptors (Lipinski definition) is 4. The van der Waals surface area contributed by atoms with Gasteiger partial charge in [-0.1, -0.05) is 0 Å².